The zero-order valence-corrected chi connectivity index (χ0v) is 15.6. The molecule has 0 bridgehead atoms. The van der Waals surface area contributed by atoms with Crippen LogP contribution in [0.4, 0.5) is 0 Å². The normalized spacial score (nSPS) is 16.6. The molecule has 1 saturated heterocycles. The molecule has 1 aromatic heterocycles. The fourth-order valence-electron chi connectivity index (χ4n) is 2.63. The van der Waals surface area contributed by atoms with Gasteiger partial charge in [-0.05, 0) is 25.3 Å². The van der Waals surface area contributed by atoms with Crippen LogP contribution >= 0.6 is 36.4 Å². The summed E-state index contributed by atoms with van der Waals surface area (Å²) in [6.07, 6.45) is 6.21. The zero-order valence-electron chi connectivity index (χ0n) is 13.2. The molecule has 1 aliphatic rings. The Kier molecular flexibility index (Phi) is 11.0. The third-order valence-corrected chi connectivity index (χ3v) is 4.10. The van der Waals surface area contributed by atoms with Crippen LogP contribution in [0.15, 0.2) is 18.5 Å². The number of amides is 2. The fraction of sp³-hybridized carbons (Fsp3) is 0.533. The van der Waals surface area contributed by atoms with Gasteiger partial charge in [0.15, 0.2) is 0 Å². The number of nitrogens with two attached hydrogens (primary N) is 1. The van der Waals surface area contributed by atoms with E-state index in [0.717, 1.165) is 19.3 Å². The topological polar surface area (TPSA) is 88.3 Å². The van der Waals surface area contributed by atoms with Crippen LogP contribution in [0.3, 0.4) is 0 Å². The van der Waals surface area contributed by atoms with E-state index in [1.54, 1.807) is 17.2 Å². The summed E-state index contributed by atoms with van der Waals surface area (Å²) >= 11 is 6.06. The minimum absolute atomic E-state index is 0. The molecule has 0 aromatic carbocycles. The maximum atomic E-state index is 12.7. The first-order valence-corrected chi connectivity index (χ1v) is 7.88. The van der Waals surface area contributed by atoms with Gasteiger partial charge < -0.3 is 16.0 Å². The molecule has 2 amide bonds. The lowest BCUT2D eigenvalue weighted by molar-refractivity contribution is -0.121. The average molecular weight is 398 g/mol. The summed E-state index contributed by atoms with van der Waals surface area (Å²) in [7, 11) is 0. The van der Waals surface area contributed by atoms with E-state index in [0.29, 0.717) is 36.6 Å². The maximum absolute atomic E-state index is 12.7. The highest BCUT2D eigenvalue weighted by atomic mass is 35.5. The van der Waals surface area contributed by atoms with E-state index in [1.807, 2.05) is 0 Å². The van der Waals surface area contributed by atoms with Crippen LogP contribution in [-0.4, -0.2) is 47.4 Å². The molecule has 136 valence electrons. The number of hydrogen-bond donors (Lipinski definition) is 2. The predicted octanol–water partition coefficient (Wildman–Crippen LogP) is 2.04. The third kappa shape index (κ3) is 6.09. The Hall–Kier alpha value is -1.08. The number of halogens is 3. The molecule has 0 aliphatic carbocycles. The maximum Gasteiger partial charge on any atom is 0.255 e. The molecular formula is C15H23Cl3N4O2. The van der Waals surface area contributed by atoms with Crippen molar-refractivity contribution in [3.8, 4) is 0 Å². The summed E-state index contributed by atoms with van der Waals surface area (Å²) in [4.78, 5) is 29.9. The van der Waals surface area contributed by atoms with Gasteiger partial charge in [0.2, 0.25) is 5.91 Å². The smallest absolute Gasteiger partial charge is 0.255 e. The first-order chi connectivity index (χ1) is 10.6. The van der Waals surface area contributed by atoms with Gasteiger partial charge in [0.1, 0.15) is 0 Å². The summed E-state index contributed by atoms with van der Waals surface area (Å²) in [5.41, 5.74) is 5.82. The molecule has 1 fully saturated rings. The van der Waals surface area contributed by atoms with Gasteiger partial charge in [-0.1, -0.05) is 11.6 Å². The molecular weight excluding hydrogens is 375 g/mol. The highest BCUT2D eigenvalue weighted by Crippen LogP contribution is 2.22. The summed E-state index contributed by atoms with van der Waals surface area (Å²) in [6.45, 7) is 1.45. The van der Waals surface area contributed by atoms with Crippen molar-refractivity contribution in [1.29, 1.82) is 0 Å². The van der Waals surface area contributed by atoms with Crippen molar-refractivity contribution in [2.75, 3.05) is 19.6 Å². The van der Waals surface area contributed by atoms with Gasteiger partial charge in [-0.3, -0.25) is 14.6 Å². The van der Waals surface area contributed by atoms with Crippen LogP contribution in [0.1, 0.15) is 36.0 Å². The molecule has 1 unspecified atom stereocenters. The number of hydrogen-bond acceptors (Lipinski definition) is 4. The Morgan fingerprint density at radius 2 is 2.12 bits per heavy atom. The van der Waals surface area contributed by atoms with E-state index in [-0.39, 0.29) is 42.7 Å². The van der Waals surface area contributed by atoms with Crippen LogP contribution in [-0.2, 0) is 4.79 Å². The molecule has 2 rings (SSSR count). The van der Waals surface area contributed by atoms with Crippen molar-refractivity contribution in [2.45, 2.75) is 31.7 Å². The summed E-state index contributed by atoms with van der Waals surface area (Å²) in [5, 5.41) is 3.20. The second kappa shape index (κ2) is 11.5. The number of piperidine rings is 1. The molecule has 0 radical (unpaired) electrons. The van der Waals surface area contributed by atoms with Crippen molar-refractivity contribution in [1.82, 2.24) is 15.2 Å². The molecule has 0 saturated carbocycles. The molecule has 1 aromatic rings. The van der Waals surface area contributed by atoms with Crippen LogP contribution in [0, 0.1) is 0 Å². The number of rotatable bonds is 5. The van der Waals surface area contributed by atoms with E-state index in [1.165, 1.54) is 6.20 Å². The molecule has 9 heteroatoms. The Balaban J connectivity index is 0.00000264. The molecule has 1 atom stereocenters. The van der Waals surface area contributed by atoms with Crippen molar-refractivity contribution >= 4 is 48.2 Å². The minimum atomic E-state index is -0.106. The van der Waals surface area contributed by atoms with E-state index >= 15 is 0 Å². The average Bonchev–Trinajstić information content (AvgIpc) is 2.53. The number of likely N-dealkylation sites (tertiary alicyclic amines) is 1. The first-order valence-electron chi connectivity index (χ1n) is 7.50. The Bertz CT molecular complexity index is 545. The first kappa shape index (κ1) is 22.9. The van der Waals surface area contributed by atoms with Crippen molar-refractivity contribution in [3.05, 3.63) is 29.0 Å². The van der Waals surface area contributed by atoms with E-state index in [2.05, 4.69) is 10.3 Å². The van der Waals surface area contributed by atoms with Gasteiger partial charge in [-0.2, -0.15) is 0 Å². The molecule has 1 aliphatic heterocycles. The van der Waals surface area contributed by atoms with Crippen molar-refractivity contribution < 1.29 is 9.59 Å². The van der Waals surface area contributed by atoms with Crippen LogP contribution in [0.25, 0.3) is 0 Å². The van der Waals surface area contributed by atoms with Crippen LogP contribution < -0.4 is 11.1 Å². The molecule has 2 heterocycles. The predicted molar refractivity (Wildman–Crippen MR) is 99.1 cm³/mol. The minimum Gasteiger partial charge on any atom is -0.354 e. The summed E-state index contributed by atoms with van der Waals surface area (Å²) in [5.74, 6) is -0.187. The lowest BCUT2D eigenvalue weighted by atomic mass is 10.0. The highest BCUT2D eigenvalue weighted by molar-refractivity contribution is 6.33. The third-order valence-electron chi connectivity index (χ3n) is 3.80. The number of carbonyl (C=O) groups is 2. The zero-order chi connectivity index (χ0) is 15.9. The summed E-state index contributed by atoms with van der Waals surface area (Å²) < 4.78 is 0. The van der Waals surface area contributed by atoms with Gasteiger partial charge in [-0.15, -0.1) is 24.8 Å². The summed E-state index contributed by atoms with van der Waals surface area (Å²) in [6, 6.07) is 1.62. The second-order valence-electron chi connectivity index (χ2n) is 5.35. The number of nitrogens with one attached hydrogen (secondary N) is 1. The Morgan fingerprint density at radius 1 is 1.38 bits per heavy atom. The SMILES string of the molecule is Cl.Cl.NCCC(=O)NCC1CCCCN1C(=O)c1ccncc1Cl. The second-order valence-corrected chi connectivity index (χ2v) is 5.75. The van der Waals surface area contributed by atoms with Crippen molar-refractivity contribution in [2.24, 2.45) is 5.73 Å². The van der Waals surface area contributed by atoms with Gasteiger partial charge in [0.05, 0.1) is 10.6 Å². The van der Waals surface area contributed by atoms with Gasteiger partial charge in [-0.25, -0.2) is 0 Å². The lowest BCUT2D eigenvalue weighted by Crippen LogP contribution is -2.49. The lowest BCUT2D eigenvalue weighted by Gasteiger charge is -2.36. The van der Waals surface area contributed by atoms with E-state index in [4.69, 9.17) is 17.3 Å². The number of carbonyl (C=O) groups excluding carboxylic acids is 2. The number of aromatic nitrogens is 1. The molecule has 6 nitrogen and oxygen atoms in total. The van der Waals surface area contributed by atoms with Crippen LogP contribution in [0.2, 0.25) is 5.02 Å². The van der Waals surface area contributed by atoms with Crippen LogP contribution in [0.5, 0.6) is 0 Å². The molecule has 3 N–H and O–H groups in total. The molecule has 0 spiro atoms. The van der Waals surface area contributed by atoms with Gasteiger partial charge >= 0.3 is 0 Å². The van der Waals surface area contributed by atoms with Gasteiger partial charge in [0.25, 0.3) is 5.91 Å². The Morgan fingerprint density at radius 3 is 2.79 bits per heavy atom. The van der Waals surface area contributed by atoms with E-state index < -0.39 is 0 Å². The highest BCUT2D eigenvalue weighted by Gasteiger charge is 2.28. The van der Waals surface area contributed by atoms with Crippen molar-refractivity contribution in [3.63, 3.8) is 0 Å². The number of pyridine rings is 1. The standard InChI is InChI=1S/C15H21ClN4O2.2ClH/c16-13-10-18-7-5-12(13)15(22)20-8-2-1-3-11(20)9-19-14(21)4-6-17;;/h5,7,10-11H,1-4,6,8-9,17H2,(H,19,21);2*1H. The monoisotopic (exact) mass is 396 g/mol. The Labute approximate surface area is 159 Å². The fourth-order valence-corrected chi connectivity index (χ4v) is 2.83. The quantitative estimate of drug-likeness (QED) is 0.796. The van der Waals surface area contributed by atoms with E-state index in [9.17, 15) is 9.59 Å². The largest absolute Gasteiger partial charge is 0.354 e. The number of nitrogens with zero attached hydrogens (tertiary/aromatic N) is 2. The molecule has 24 heavy (non-hydrogen) atoms. The van der Waals surface area contributed by atoms with Gasteiger partial charge in [0, 0.05) is 44.5 Å².